The summed E-state index contributed by atoms with van der Waals surface area (Å²) in [6, 6.07) is 3.40. The third kappa shape index (κ3) is 3.75. The van der Waals surface area contributed by atoms with E-state index in [0.717, 1.165) is 36.1 Å². The van der Waals surface area contributed by atoms with E-state index in [2.05, 4.69) is 15.9 Å². The number of nitrogens with two attached hydrogens (primary N) is 1. The average molecular weight is 353 g/mol. The first-order valence-corrected chi connectivity index (χ1v) is 6.82. The molecule has 1 fully saturated rings. The summed E-state index contributed by atoms with van der Waals surface area (Å²) in [7, 11) is 1.53. The number of halogens is 2. The van der Waals surface area contributed by atoms with E-state index in [1.807, 2.05) is 6.07 Å². The standard InChI is InChI=1S/C13H18BrNO3.ClH/c1-17-11-7-9(14)6-10(13(11)16)12(15)8-2-4-18-5-3-8;/h6-8,12,16H,2-5,15H2,1H3;1H/t12-;/m0./s1. The Kier molecular flexibility index (Phi) is 6.39. The minimum absolute atomic E-state index is 0. The molecule has 1 aliphatic rings. The van der Waals surface area contributed by atoms with Gasteiger partial charge < -0.3 is 20.3 Å². The Bertz CT molecular complexity index is 425. The van der Waals surface area contributed by atoms with E-state index in [1.54, 1.807) is 6.07 Å². The quantitative estimate of drug-likeness (QED) is 0.877. The van der Waals surface area contributed by atoms with Gasteiger partial charge in [0.1, 0.15) is 0 Å². The van der Waals surface area contributed by atoms with Crippen LogP contribution in [0.5, 0.6) is 11.5 Å². The van der Waals surface area contributed by atoms with Gasteiger partial charge in [0, 0.05) is 29.3 Å². The summed E-state index contributed by atoms with van der Waals surface area (Å²) < 4.78 is 11.3. The van der Waals surface area contributed by atoms with Crippen LogP contribution >= 0.6 is 28.3 Å². The Morgan fingerprint density at radius 3 is 2.63 bits per heavy atom. The lowest BCUT2D eigenvalue weighted by Crippen LogP contribution is -2.27. The maximum absolute atomic E-state index is 10.2. The summed E-state index contributed by atoms with van der Waals surface area (Å²) in [5, 5.41) is 10.2. The van der Waals surface area contributed by atoms with Crippen LogP contribution in [-0.2, 0) is 4.74 Å². The third-order valence-corrected chi connectivity index (χ3v) is 3.88. The normalized spacial score (nSPS) is 17.6. The summed E-state index contributed by atoms with van der Waals surface area (Å²) in [5.74, 6) is 0.922. The van der Waals surface area contributed by atoms with Gasteiger partial charge in [-0.15, -0.1) is 12.4 Å². The Morgan fingerprint density at radius 2 is 2.05 bits per heavy atom. The van der Waals surface area contributed by atoms with E-state index in [1.165, 1.54) is 7.11 Å². The molecule has 1 saturated heterocycles. The lowest BCUT2D eigenvalue weighted by atomic mass is 9.87. The highest BCUT2D eigenvalue weighted by molar-refractivity contribution is 9.10. The molecule has 1 atom stereocenters. The van der Waals surface area contributed by atoms with E-state index in [4.69, 9.17) is 15.2 Å². The second kappa shape index (κ2) is 7.33. The second-order valence-electron chi connectivity index (χ2n) is 4.52. The third-order valence-electron chi connectivity index (χ3n) is 3.42. The molecule has 19 heavy (non-hydrogen) atoms. The predicted molar refractivity (Wildman–Crippen MR) is 80.1 cm³/mol. The average Bonchev–Trinajstić information content (AvgIpc) is 2.41. The molecule has 1 aromatic rings. The van der Waals surface area contributed by atoms with Crippen LogP contribution in [0.2, 0.25) is 0 Å². The SMILES string of the molecule is COc1cc(Br)cc([C@@H](N)C2CCOCC2)c1O.Cl. The minimum Gasteiger partial charge on any atom is -0.504 e. The molecule has 1 heterocycles. The Morgan fingerprint density at radius 1 is 1.42 bits per heavy atom. The van der Waals surface area contributed by atoms with Gasteiger partial charge in [-0.1, -0.05) is 15.9 Å². The van der Waals surface area contributed by atoms with E-state index < -0.39 is 0 Å². The second-order valence-corrected chi connectivity index (χ2v) is 5.44. The van der Waals surface area contributed by atoms with Gasteiger partial charge in [-0.3, -0.25) is 0 Å². The molecule has 6 heteroatoms. The maximum atomic E-state index is 10.2. The van der Waals surface area contributed by atoms with Crippen molar-refractivity contribution in [2.45, 2.75) is 18.9 Å². The van der Waals surface area contributed by atoms with Gasteiger partial charge in [0.25, 0.3) is 0 Å². The number of ether oxygens (including phenoxy) is 2. The van der Waals surface area contributed by atoms with Gasteiger partial charge in [-0.25, -0.2) is 0 Å². The molecule has 4 nitrogen and oxygen atoms in total. The lowest BCUT2D eigenvalue weighted by molar-refractivity contribution is 0.0581. The number of benzene rings is 1. The monoisotopic (exact) mass is 351 g/mol. The molecule has 1 aromatic carbocycles. The highest BCUT2D eigenvalue weighted by atomic mass is 79.9. The molecule has 0 aliphatic carbocycles. The molecule has 0 unspecified atom stereocenters. The van der Waals surface area contributed by atoms with Crippen LogP contribution in [0.4, 0.5) is 0 Å². The van der Waals surface area contributed by atoms with Crippen molar-refractivity contribution in [3.05, 3.63) is 22.2 Å². The number of phenolic OH excluding ortho intramolecular Hbond substituents is 1. The van der Waals surface area contributed by atoms with Crippen LogP contribution in [0.3, 0.4) is 0 Å². The maximum Gasteiger partial charge on any atom is 0.162 e. The summed E-state index contributed by atoms with van der Waals surface area (Å²) in [6.45, 7) is 1.48. The molecule has 108 valence electrons. The van der Waals surface area contributed by atoms with E-state index >= 15 is 0 Å². The molecular weight excluding hydrogens is 334 g/mol. The minimum atomic E-state index is -0.194. The van der Waals surface area contributed by atoms with Crippen LogP contribution in [0.1, 0.15) is 24.4 Å². The van der Waals surface area contributed by atoms with Crippen molar-refractivity contribution >= 4 is 28.3 Å². The zero-order valence-corrected chi connectivity index (χ0v) is 13.2. The first-order valence-electron chi connectivity index (χ1n) is 6.03. The summed E-state index contributed by atoms with van der Waals surface area (Å²) >= 11 is 3.41. The van der Waals surface area contributed by atoms with Crippen molar-refractivity contribution in [3.8, 4) is 11.5 Å². The van der Waals surface area contributed by atoms with Crippen LogP contribution in [0, 0.1) is 5.92 Å². The molecule has 2 rings (SSSR count). The summed E-state index contributed by atoms with van der Waals surface area (Å²) in [5.41, 5.74) is 7.00. The smallest absolute Gasteiger partial charge is 0.162 e. The number of phenols is 1. The largest absolute Gasteiger partial charge is 0.504 e. The number of hydrogen-bond acceptors (Lipinski definition) is 4. The Labute approximate surface area is 127 Å². The van der Waals surface area contributed by atoms with Crippen molar-refractivity contribution < 1.29 is 14.6 Å². The summed E-state index contributed by atoms with van der Waals surface area (Å²) in [4.78, 5) is 0. The molecule has 3 N–H and O–H groups in total. The van der Waals surface area contributed by atoms with Crippen molar-refractivity contribution in [2.75, 3.05) is 20.3 Å². The van der Waals surface area contributed by atoms with Gasteiger partial charge in [0.05, 0.1) is 7.11 Å². The van der Waals surface area contributed by atoms with Gasteiger partial charge >= 0.3 is 0 Å². The van der Waals surface area contributed by atoms with Crippen molar-refractivity contribution in [1.82, 2.24) is 0 Å². The number of rotatable bonds is 3. The highest BCUT2D eigenvalue weighted by Gasteiger charge is 2.25. The van der Waals surface area contributed by atoms with Crippen LogP contribution in [0.15, 0.2) is 16.6 Å². The molecule has 0 amide bonds. The van der Waals surface area contributed by atoms with Gasteiger partial charge in [0.15, 0.2) is 11.5 Å². The van der Waals surface area contributed by atoms with Crippen LogP contribution in [-0.4, -0.2) is 25.4 Å². The molecule has 0 bridgehead atoms. The van der Waals surface area contributed by atoms with Gasteiger partial charge in [0.2, 0.25) is 0 Å². The zero-order valence-electron chi connectivity index (χ0n) is 10.8. The van der Waals surface area contributed by atoms with E-state index in [9.17, 15) is 5.11 Å². The topological polar surface area (TPSA) is 64.7 Å². The van der Waals surface area contributed by atoms with Crippen molar-refractivity contribution in [3.63, 3.8) is 0 Å². The summed E-state index contributed by atoms with van der Waals surface area (Å²) in [6.07, 6.45) is 1.85. The fourth-order valence-corrected chi connectivity index (χ4v) is 2.79. The predicted octanol–water partition coefficient (Wildman–Crippen LogP) is 3.01. The highest BCUT2D eigenvalue weighted by Crippen LogP contribution is 2.40. The number of hydrogen-bond donors (Lipinski definition) is 2. The van der Waals surface area contributed by atoms with Crippen LogP contribution in [0.25, 0.3) is 0 Å². The number of methoxy groups -OCH3 is 1. The molecular formula is C13H19BrClNO3. The van der Waals surface area contributed by atoms with E-state index in [0.29, 0.717) is 11.7 Å². The zero-order chi connectivity index (χ0) is 13.1. The molecule has 1 aliphatic heterocycles. The molecule has 0 aromatic heterocycles. The van der Waals surface area contributed by atoms with Crippen LogP contribution < -0.4 is 10.5 Å². The van der Waals surface area contributed by atoms with Gasteiger partial charge in [-0.2, -0.15) is 0 Å². The number of aromatic hydroxyl groups is 1. The fourth-order valence-electron chi connectivity index (χ4n) is 2.33. The fraction of sp³-hybridized carbons (Fsp3) is 0.538. The van der Waals surface area contributed by atoms with Crippen molar-refractivity contribution in [1.29, 1.82) is 0 Å². The Hall–Kier alpha value is -0.490. The molecule has 0 radical (unpaired) electrons. The molecule has 0 spiro atoms. The van der Waals surface area contributed by atoms with Crippen molar-refractivity contribution in [2.24, 2.45) is 11.7 Å². The first-order chi connectivity index (χ1) is 8.63. The van der Waals surface area contributed by atoms with E-state index in [-0.39, 0.29) is 24.2 Å². The van der Waals surface area contributed by atoms with Gasteiger partial charge in [-0.05, 0) is 30.9 Å². The first kappa shape index (κ1) is 16.6. The Balaban J connectivity index is 0.00000180. The lowest BCUT2D eigenvalue weighted by Gasteiger charge is -2.28. The molecule has 0 saturated carbocycles.